The van der Waals surface area contributed by atoms with E-state index < -0.39 is 10.0 Å². The first-order valence-corrected chi connectivity index (χ1v) is 8.63. The summed E-state index contributed by atoms with van der Waals surface area (Å²) in [5, 5.41) is 0. The molecule has 0 aliphatic heterocycles. The molecular formula is C14H15IN2O3S. The Kier molecular flexibility index (Phi) is 4.62. The van der Waals surface area contributed by atoms with E-state index in [0.29, 0.717) is 11.4 Å². The molecule has 0 heterocycles. The van der Waals surface area contributed by atoms with Gasteiger partial charge in [-0.15, -0.1) is 0 Å². The summed E-state index contributed by atoms with van der Waals surface area (Å²) >= 11 is 2.07. The average molecular weight is 418 g/mol. The highest BCUT2D eigenvalue weighted by molar-refractivity contribution is 14.1. The number of sulfonamides is 1. The van der Waals surface area contributed by atoms with E-state index >= 15 is 0 Å². The number of nitrogens with one attached hydrogen (secondary N) is 1. The Hall–Kier alpha value is -1.48. The summed E-state index contributed by atoms with van der Waals surface area (Å²) in [5.74, 6) is 0.264. The summed E-state index contributed by atoms with van der Waals surface area (Å²) < 4.78 is 33.6. The number of rotatable bonds is 4. The van der Waals surface area contributed by atoms with Gasteiger partial charge in [0.05, 0.1) is 12.8 Å². The van der Waals surface area contributed by atoms with Gasteiger partial charge in [0.1, 0.15) is 10.6 Å². The van der Waals surface area contributed by atoms with Crippen LogP contribution in [0.5, 0.6) is 5.75 Å². The van der Waals surface area contributed by atoms with Gasteiger partial charge in [-0.3, -0.25) is 4.72 Å². The smallest absolute Gasteiger partial charge is 0.265 e. The second kappa shape index (κ2) is 6.10. The highest BCUT2D eigenvalue weighted by Gasteiger charge is 2.21. The second-order valence-electron chi connectivity index (χ2n) is 4.45. The average Bonchev–Trinajstić information content (AvgIpc) is 2.43. The Balaban J connectivity index is 2.50. The van der Waals surface area contributed by atoms with E-state index in [-0.39, 0.29) is 10.6 Å². The van der Waals surface area contributed by atoms with Crippen molar-refractivity contribution in [3.63, 3.8) is 0 Å². The predicted octanol–water partition coefficient (Wildman–Crippen LogP) is 2.99. The van der Waals surface area contributed by atoms with Crippen molar-refractivity contribution < 1.29 is 13.2 Å². The lowest BCUT2D eigenvalue weighted by molar-refractivity contribution is 0.402. The first kappa shape index (κ1) is 15.9. The van der Waals surface area contributed by atoms with Crippen molar-refractivity contribution in [2.75, 3.05) is 17.6 Å². The zero-order valence-electron chi connectivity index (χ0n) is 11.6. The Morgan fingerprint density at radius 1 is 1.24 bits per heavy atom. The zero-order chi connectivity index (χ0) is 15.6. The van der Waals surface area contributed by atoms with Crippen molar-refractivity contribution in [1.29, 1.82) is 0 Å². The van der Waals surface area contributed by atoms with E-state index in [0.717, 1.165) is 9.13 Å². The van der Waals surface area contributed by atoms with Gasteiger partial charge in [-0.05, 0) is 59.3 Å². The standard InChI is InChI=1S/C14H15IN2O3S/c1-9-7-13(20-2)14(8-11(9)16)21(18,19)17-12-6-4-3-5-10(12)15/h3-8,17H,16H2,1-2H3. The Labute approximate surface area is 137 Å². The molecule has 112 valence electrons. The highest BCUT2D eigenvalue weighted by Crippen LogP contribution is 2.31. The Morgan fingerprint density at radius 3 is 2.52 bits per heavy atom. The van der Waals surface area contributed by atoms with Gasteiger partial charge in [-0.2, -0.15) is 0 Å². The summed E-state index contributed by atoms with van der Waals surface area (Å²) in [6, 6.07) is 10.1. The number of benzene rings is 2. The van der Waals surface area contributed by atoms with Crippen LogP contribution in [-0.2, 0) is 10.0 Å². The first-order chi connectivity index (χ1) is 9.85. The summed E-state index contributed by atoms with van der Waals surface area (Å²) in [6.07, 6.45) is 0. The van der Waals surface area contributed by atoms with Gasteiger partial charge in [0.2, 0.25) is 0 Å². The summed E-state index contributed by atoms with van der Waals surface area (Å²) in [4.78, 5) is 0.0211. The molecule has 2 aromatic rings. The van der Waals surface area contributed by atoms with Gasteiger partial charge in [-0.25, -0.2) is 8.42 Å². The molecule has 0 fully saturated rings. The molecule has 0 spiro atoms. The fourth-order valence-corrected chi connectivity index (χ4v) is 3.76. The molecule has 0 aliphatic carbocycles. The van der Waals surface area contributed by atoms with E-state index in [1.165, 1.54) is 13.2 Å². The molecule has 0 saturated carbocycles. The minimum Gasteiger partial charge on any atom is -0.495 e. The fourth-order valence-electron chi connectivity index (χ4n) is 1.79. The van der Waals surface area contributed by atoms with Crippen molar-refractivity contribution in [3.8, 4) is 5.75 Å². The third kappa shape index (κ3) is 3.41. The van der Waals surface area contributed by atoms with Crippen LogP contribution in [0.15, 0.2) is 41.3 Å². The third-order valence-electron chi connectivity index (χ3n) is 2.96. The molecule has 0 aromatic heterocycles. The van der Waals surface area contributed by atoms with Crippen molar-refractivity contribution in [2.45, 2.75) is 11.8 Å². The molecular weight excluding hydrogens is 403 g/mol. The molecule has 0 aliphatic rings. The normalized spacial score (nSPS) is 11.2. The molecule has 21 heavy (non-hydrogen) atoms. The molecule has 7 heteroatoms. The monoisotopic (exact) mass is 418 g/mol. The first-order valence-electron chi connectivity index (χ1n) is 6.06. The number of hydrogen-bond donors (Lipinski definition) is 2. The van der Waals surface area contributed by atoms with Crippen molar-refractivity contribution in [1.82, 2.24) is 0 Å². The molecule has 2 aromatic carbocycles. The molecule has 5 nitrogen and oxygen atoms in total. The fraction of sp³-hybridized carbons (Fsp3) is 0.143. The quantitative estimate of drug-likeness (QED) is 0.591. The van der Waals surface area contributed by atoms with Crippen LogP contribution in [0.1, 0.15) is 5.56 Å². The molecule has 2 rings (SSSR count). The highest BCUT2D eigenvalue weighted by atomic mass is 127. The number of anilines is 2. The van der Waals surface area contributed by atoms with E-state index in [1.807, 2.05) is 12.1 Å². The van der Waals surface area contributed by atoms with E-state index in [2.05, 4.69) is 27.3 Å². The lowest BCUT2D eigenvalue weighted by Crippen LogP contribution is -2.15. The molecule has 0 amide bonds. The van der Waals surface area contributed by atoms with E-state index in [9.17, 15) is 8.42 Å². The van der Waals surface area contributed by atoms with Crippen LogP contribution in [0.25, 0.3) is 0 Å². The lowest BCUT2D eigenvalue weighted by Gasteiger charge is -2.14. The Bertz CT molecular complexity index is 776. The van der Waals surface area contributed by atoms with Gasteiger partial charge in [0.15, 0.2) is 0 Å². The van der Waals surface area contributed by atoms with Gasteiger partial charge in [0.25, 0.3) is 10.0 Å². The predicted molar refractivity (Wildman–Crippen MR) is 92.1 cm³/mol. The number of methoxy groups -OCH3 is 1. The van der Waals surface area contributed by atoms with Gasteiger partial charge < -0.3 is 10.5 Å². The van der Waals surface area contributed by atoms with Crippen LogP contribution < -0.4 is 15.2 Å². The SMILES string of the molecule is COc1cc(C)c(N)cc1S(=O)(=O)Nc1ccccc1I. The maximum absolute atomic E-state index is 12.5. The van der Waals surface area contributed by atoms with Crippen LogP contribution in [0.3, 0.4) is 0 Å². The number of nitrogen functional groups attached to an aromatic ring is 1. The second-order valence-corrected chi connectivity index (χ2v) is 7.26. The molecule has 0 radical (unpaired) electrons. The van der Waals surface area contributed by atoms with Crippen LogP contribution in [-0.4, -0.2) is 15.5 Å². The minimum absolute atomic E-state index is 0.0211. The van der Waals surface area contributed by atoms with E-state index in [4.69, 9.17) is 10.5 Å². The van der Waals surface area contributed by atoms with Crippen molar-refractivity contribution >= 4 is 44.0 Å². The largest absolute Gasteiger partial charge is 0.495 e. The molecule has 0 saturated heterocycles. The maximum atomic E-state index is 12.5. The van der Waals surface area contributed by atoms with Crippen LogP contribution >= 0.6 is 22.6 Å². The number of para-hydroxylation sites is 1. The van der Waals surface area contributed by atoms with Crippen LogP contribution in [0, 0.1) is 10.5 Å². The number of ether oxygens (including phenoxy) is 1. The summed E-state index contributed by atoms with van der Waals surface area (Å²) in [7, 11) is -2.35. The van der Waals surface area contributed by atoms with E-state index in [1.54, 1.807) is 25.1 Å². The molecule has 0 bridgehead atoms. The van der Waals surface area contributed by atoms with Gasteiger partial charge in [0, 0.05) is 9.26 Å². The van der Waals surface area contributed by atoms with Gasteiger partial charge in [-0.1, -0.05) is 12.1 Å². The lowest BCUT2D eigenvalue weighted by atomic mass is 10.2. The number of halogens is 1. The number of nitrogens with two attached hydrogens (primary N) is 1. The van der Waals surface area contributed by atoms with Crippen LogP contribution in [0.2, 0.25) is 0 Å². The zero-order valence-corrected chi connectivity index (χ0v) is 14.5. The van der Waals surface area contributed by atoms with Crippen LogP contribution in [0.4, 0.5) is 11.4 Å². The number of aryl methyl sites for hydroxylation is 1. The molecule has 3 N–H and O–H groups in total. The minimum atomic E-state index is -3.78. The number of hydrogen-bond acceptors (Lipinski definition) is 4. The van der Waals surface area contributed by atoms with Crippen molar-refractivity contribution in [3.05, 3.63) is 45.5 Å². The molecule has 0 unspecified atom stereocenters. The summed E-state index contributed by atoms with van der Waals surface area (Å²) in [5.41, 5.74) is 7.49. The van der Waals surface area contributed by atoms with Crippen molar-refractivity contribution in [2.24, 2.45) is 0 Å². The molecule has 0 atom stereocenters. The summed E-state index contributed by atoms with van der Waals surface area (Å²) in [6.45, 7) is 1.79. The van der Waals surface area contributed by atoms with Gasteiger partial charge >= 0.3 is 0 Å². The topological polar surface area (TPSA) is 81.4 Å². The third-order valence-corrected chi connectivity index (χ3v) is 5.29. The maximum Gasteiger partial charge on any atom is 0.265 e. The Morgan fingerprint density at radius 2 is 1.90 bits per heavy atom.